The number of hydrogen-bond acceptors (Lipinski definition) is 4. The van der Waals surface area contributed by atoms with E-state index < -0.39 is 0 Å². The van der Waals surface area contributed by atoms with Crippen LogP contribution in [0, 0.1) is 0 Å². The van der Waals surface area contributed by atoms with Crippen LogP contribution in [-0.2, 0) is 11.2 Å². The van der Waals surface area contributed by atoms with Gasteiger partial charge < -0.3 is 9.84 Å². The molecule has 6 nitrogen and oxygen atoms in total. The largest absolute Gasteiger partial charge is 0.356 e. The molecule has 134 valence electrons. The Morgan fingerprint density at radius 2 is 1.85 bits per heavy atom. The molecule has 26 heavy (non-hydrogen) atoms. The molecule has 0 bridgehead atoms. The minimum atomic E-state index is -0.261. The number of hydrazine groups is 1. The molecule has 1 amide bonds. The predicted molar refractivity (Wildman–Crippen MR) is 106 cm³/mol. The van der Waals surface area contributed by atoms with Crippen LogP contribution in [0.25, 0.3) is 11.0 Å². The third-order valence-corrected chi connectivity index (χ3v) is 4.13. The van der Waals surface area contributed by atoms with Gasteiger partial charge >= 0.3 is 0 Å². The van der Waals surface area contributed by atoms with Gasteiger partial charge in [-0.2, -0.15) is 0 Å². The van der Waals surface area contributed by atoms with Gasteiger partial charge in [-0.05, 0) is 48.0 Å². The maximum Gasteiger partial charge on any atom is 0.244 e. The lowest BCUT2D eigenvalue weighted by atomic mass is 10.0. The van der Waals surface area contributed by atoms with Gasteiger partial charge in [-0.3, -0.25) is 15.6 Å². The standard InChI is InChI=1S/C19H20N4O2S/c1-12(2)13-7-9-14(10-8-13)20-19(26)22-21-18(24)11-16-15-5-3-4-6-17(15)25-23-16/h3-10,12H,11H2,1-2H3,(H,21,24)(H2,20,22,26). The van der Waals surface area contributed by atoms with Crippen LogP contribution in [-0.4, -0.2) is 16.2 Å². The maximum absolute atomic E-state index is 12.1. The van der Waals surface area contributed by atoms with E-state index in [1.807, 2.05) is 48.5 Å². The summed E-state index contributed by atoms with van der Waals surface area (Å²) < 4.78 is 5.19. The summed E-state index contributed by atoms with van der Waals surface area (Å²) in [6.45, 7) is 4.28. The summed E-state index contributed by atoms with van der Waals surface area (Å²) in [6.07, 6.45) is 0.0930. The SMILES string of the molecule is CC(C)c1ccc(NC(=S)NNC(=O)Cc2noc3ccccc23)cc1. The number of fused-ring (bicyclic) bond motifs is 1. The first-order chi connectivity index (χ1) is 12.5. The van der Waals surface area contributed by atoms with Crippen LogP contribution >= 0.6 is 12.2 Å². The van der Waals surface area contributed by atoms with Gasteiger partial charge in [-0.1, -0.05) is 43.3 Å². The van der Waals surface area contributed by atoms with E-state index in [1.54, 1.807) is 0 Å². The van der Waals surface area contributed by atoms with Crippen molar-refractivity contribution < 1.29 is 9.32 Å². The lowest BCUT2D eigenvalue weighted by Crippen LogP contribution is -2.44. The Kier molecular flexibility index (Phi) is 5.48. The molecule has 0 aliphatic heterocycles. The summed E-state index contributed by atoms with van der Waals surface area (Å²) in [5.41, 5.74) is 8.60. The number of para-hydroxylation sites is 1. The lowest BCUT2D eigenvalue weighted by molar-refractivity contribution is -0.121. The zero-order chi connectivity index (χ0) is 18.5. The molecule has 0 atom stereocenters. The van der Waals surface area contributed by atoms with Crippen molar-refractivity contribution in [3.63, 3.8) is 0 Å². The molecule has 0 saturated heterocycles. The number of anilines is 1. The molecule has 1 aromatic heterocycles. The van der Waals surface area contributed by atoms with Gasteiger partial charge in [0.05, 0.1) is 6.42 Å². The van der Waals surface area contributed by atoms with Crippen molar-refractivity contribution >= 4 is 39.9 Å². The number of carbonyl (C=O) groups excluding carboxylic acids is 1. The van der Waals surface area contributed by atoms with Crippen molar-refractivity contribution in [3.8, 4) is 0 Å². The van der Waals surface area contributed by atoms with E-state index in [0.29, 0.717) is 22.3 Å². The van der Waals surface area contributed by atoms with E-state index in [0.717, 1.165) is 11.1 Å². The highest BCUT2D eigenvalue weighted by molar-refractivity contribution is 7.80. The molecule has 0 aliphatic rings. The van der Waals surface area contributed by atoms with Crippen molar-refractivity contribution in [1.82, 2.24) is 16.0 Å². The molecule has 0 radical (unpaired) electrons. The minimum Gasteiger partial charge on any atom is -0.356 e. The van der Waals surface area contributed by atoms with Gasteiger partial charge in [-0.15, -0.1) is 0 Å². The van der Waals surface area contributed by atoms with E-state index in [4.69, 9.17) is 16.7 Å². The number of hydrogen-bond donors (Lipinski definition) is 3. The van der Waals surface area contributed by atoms with Crippen molar-refractivity contribution in [3.05, 3.63) is 59.8 Å². The second-order valence-corrected chi connectivity index (χ2v) is 6.61. The summed E-state index contributed by atoms with van der Waals surface area (Å²) >= 11 is 5.19. The van der Waals surface area contributed by atoms with E-state index in [9.17, 15) is 4.79 Å². The van der Waals surface area contributed by atoms with E-state index >= 15 is 0 Å². The van der Waals surface area contributed by atoms with Crippen LogP contribution < -0.4 is 16.2 Å². The second kappa shape index (κ2) is 7.97. The lowest BCUT2D eigenvalue weighted by Gasteiger charge is -2.12. The van der Waals surface area contributed by atoms with Gasteiger partial charge in [0, 0.05) is 11.1 Å². The smallest absolute Gasteiger partial charge is 0.244 e. The zero-order valence-corrected chi connectivity index (χ0v) is 15.4. The van der Waals surface area contributed by atoms with E-state index in [1.165, 1.54) is 5.56 Å². The monoisotopic (exact) mass is 368 g/mol. The summed E-state index contributed by atoms with van der Waals surface area (Å²) in [6, 6.07) is 15.4. The van der Waals surface area contributed by atoms with E-state index in [-0.39, 0.29) is 12.3 Å². The summed E-state index contributed by atoms with van der Waals surface area (Å²) in [7, 11) is 0. The first-order valence-electron chi connectivity index (χ1n) is 8.32. The number of amides is 1. The average molecular weight is 368 g/mol. The fourth-order valence-electron chi connectivity index (χ4n) is 2.50. The number of nitrogens with zero attached hydrogens (tertiary/aromatic N) is 1. The number of aromatic nitrogens is 1. The summed E-state index contributed by atoms with van der Waals surface area (Å²) in [4.78, 5) is 12.1. The van der Waals surface area contributed by atoms with Crippen LogP contribution in [0.15, 0.2) is 53.1 Å². The van der Waals surface area contributed by atoms with Crippen molar-refractivity contribution in [1.29, 1.82) is 0 Å². The Labute approximate surface area is 156 Å². The molecular weight excluding hydrogens is 348 g/mol. The van der Waals surface area contributed by atoms with E-state index in [2.05, 4.69) is 35.2 Å². The molecule has 0 fully saturated rings. The van der Waals surface area contributed by atoms with Gasteiger partial charge in [0.25, 0.3) is 0 Å². The number of rotatable bonds is 4. The molecule has 3 rings (SSSR count). The fraction of sp³-hybridized carbons (Fsp3) is 0.211. The Morgan fingerprint density at radius 3 is 2.58 bits per heavy atom. The molecule has 3 aromatic rings. The normalized spacial score (nSPS) is 10.7. The quantitative estimate of drug-likeness (QED) is 0.483. The predicted octanol–water partition coefficient (Wildman–Crippen LogP) is 3.51. The molecule has 2 aromatic carbocycles. The van der Waals surface area contributed by atoms with Gasteiger partial charge in [0.2, 0.25) is 5.91 Å². The van der Waals surface area contributed by atoms with Crippen LogP contribution in [0.3, 0.4) is 0 Å². The first-order valence-corrected chi connectivity index (χ1v) is 8.73. The third kappa shape index (κ3) is 4.37. The summed E-state index contributed by atoms with van der Waals surface area (Å²) in [5, 5.41) is 8.10. The maximum atomic E-state index is 12.1. The minimum absolute atomic E-state index is 0.0930. The molecular formula is C19H20N4O2S. The topological polar surface area (TPSA) is 79.2 Å². The number of benzene rings is 2. The van der Waals surface area contributed by atoms with Crippen LogP contribution in [0.4, 0.5) is 5.69 Å². The molecule has 0 spiro atoms. The summed E-state index contributed by atoms with van der Waals surface area (Å²) in [5.74, 6) is 0.212. The Bertz CT molecular complexity index is 919. The number of thiocarbonyl (C=S) groups is 1. The van der Waals surface area contributed by atoms with Crippen LogP contribution in [0.1, 0.15) is 31.0 Å². The fourth-order valence-corrected chi connectivity index (χ4v) is 2.67. The molecule has 3 N–H and O–H groups in total. The highest BCUT2D eigenvalue weighted by Crippen LogP contribution is 2.18. The van der Waals surface area contributed by atoms with Crippen LogP contribution in [0.5, 0.6) is 0 Å². The highest BCUT2D eigenvalue weighted by Gasteiger charge is 2.12. The second-order valence-electron chi connectivity index (χ2n) is 6.21. The van der Waals surface area contributed by atoms with Crippen molar-refractivity contribution in [2.75, 3.05) is 5.32 Å². The molecule has 0 unspecified atom stereocenters. The van der Waals surface area contributed by atoms with Gasteiger partial charge in [-0.25, -0.2) is 0 Å². The Balaban J connectivity index is 1.50. The molecule has 0 saturated carbocycles. The third-order valence-electron chi connectivity index (χ3n) is 3.93. The highest BCUT2D eigenvalue weighted by atomic mass is 32.1. The van der Waals surface area contributed by atoms with Crippen molar-refractivity contribution in [2.24, 2.45) is 0 Å². The molecule has 0 aliphatic carbocycles. The zero-order valence-electron chi connectivity index (χ0n) is 14.6. The van der Waals surface area contributed by atoms with Gasteiger partial charge in [0.1, 0.15) is 5.69 Å². The van der Waals surface area contributed by atoms with Gasteiger partial charge in [0.15, 0.2) is 10.7 Å². The Hall–Kier alpha value is -2.93. The first kappa shape index (κ1) is 17.9. The number of nitrogens with one attached hydrogen (secondary N) is 3. The average Bonchev–Trinajstić information content (AvgIpc) is 3.03. The van der Waals surface area contributed by atoms with Crippen LogP contribution in [0.2, 0.25) is 0 Å². The number of carbonyl (C=O) groups is 1. The molecule has 7 heteroatoms. The Morgan fingerprint density at radius 1 is 1.12 bits per heavy atom. The molecule has 1 heterocycles. The van der Waals surface area contributed by atoms with Crippen molar-refractivity contribution in [2.45, 2.75) is 26.2 Å².